The van der Waals surface area contributed by atoms with Crippen molar-refractivity contribution in [2.75, 3.05) is 31.2 Å². The Labute approximate surface area is 161 Å². The quantitative estimate of drug-likeness (QED) is 0.870. The van der Waals surface area contributed by atoms with E-state index < -0.39 is 0 Å². The number of hydrogen-bond donors (Lipinski definition) is 1. The van der Waals surface area contributed by atoms with Crippen LogP contribution in [0, 0.1) is 0 Å². The molecule has 26 heavy (non-hydrogen) atoms. The van der Waals surface area contributed by atoms with Crippen molar-refractivity contribution in [2.45, 2.75) is 32.5 Å². The summed E-state index contributed by atoms with van der Waals surface area (Å²) >= 11 is 0. The molecule has 0 amide bonds. The fourth-order valence-electron chi connectivity index (χ4n) is 3.44. The molecular formula is C20H26ClN3O2. The van der Waals surface area contributed by atoms with Crippen molar-refractivity contribution >= 4 is 18.2 Å². The number of aromatic nitrogens is 1. The van der Waals surface area contributed by atoms with E-state index in [1.807, 2.05) is 6.20 Å². The molecule has 1 atom stereocenters. The lowest BCUT2D eigenvalue weighted by Crippen LogP contribution is -2.41. The Morgan fingerprint density at radius 3 is 2.81 bits per heavy atom. The smallest absolute Gasteiger partial charge is 0.128 e. The lowest BCUT2D eigenvalue weighted by Gasteiger charge is -2.32. The standard InChI is InChI=1S/C20H25N3O2.ClH/c1-15-14-23(7-9-24-15)20-5-3-17(13-22-20)12-21-11-16-2-4-19-18(10-16)6-8-25-19;/h2-5,10,13,15,21H,6-9,11-12,14H2,1H3;1H. The van der Waals surface area contributed by atoms with Crippen LogP contribution < -0.4 is 15.0 Å². The van der Waals surface area contributed by atoms with Gasteiger partial charge in [0.25, 0.3) is 0 Å². The molecule has 1 fully saturated rings. The van der Waals surface area contributed by atoms with Gasteiger partial charge < -0.3 is 19.7 Å². The van der Waals surface area contributed by atoms with Crippen molar-refractivity contribution in [1.82, 2.24) is 10.3 Å². The second-order valence-corrected chi connectivity index (χ2v) is 6.80. The summed E-state index contributed by atoms with van der Waals surface area (Å²) in [6.07, 6.45) is 3.27. The third kappa shape index (κ3) is 4.47. The number of anilines is 1. The summed E-state index contributed by atoms with van der Waals surface area (Å²) in [6, 6.07) is 10.7. The molecule has 1 aromatic carbocycles. The van der Waals surface area contributed by atoms with E-state index in [9.17, 15) is 0 Å². The molecule has 140 valence electrons. The zero-order valence-electron chi connectivity index (χ0n) is 15.1. The molecule has 6 heteroatoms. The molecule has 2 aliphatic heterocycles. The molecule has 2 aliphatic rings. The van der Waals surface area contributed by atoms with Gasteiger partial charge in [-0.2, -0.15) is 0 Å². The topological polar surface area (TPSA) is 46.6 Å². The van der Waals surface area contributed by atoms with Crippen LogP contribution in [-0.2, 0) is 24.2 Å². The fourth-order valence-corrected chi connectivity index (χ4v) is 3.44. The van der Waals surface area contributed by atoms with Gasteiger partial charge in [-0.15, -0.1) is 12.4 Å². The molecule has 1 aromatic heterocycles. The van der Waals surface area contributed by atoms with E-state index in [2.05, 4.69) is 52.5 Å². The molecule has 3 heterocycles. The highest BCUT2D eigenvalue weighted by molar-refractivity contribution is 5.85. The molecule has 0 spiro atoms. The molecule has 1 unspecified atom stereocenters. The largest absolute Gasteiger partial charge is 0.493 e. The van der Waals surface area contributed by atoms with Gasteiger partial charge >= 0.3 is 0 Å². The van der Waals surface area contributed by atoms with Crippen LogP contribution in [0.25, 0.3) is 0 Å². The first-order valence-electron chi connectivity index (χ1n) is 9.05. The molecule has 0 saturated carbocycles. The predicted octanol–water partition coefficient (Wildman–Crippen LogP) is 2.95. The maximum atomic E-state index is 5.59. The van der Waals surface area contributed by atoms with Crippen LogP contribution in [-0.4, -0.2) is 37.4 Å². The summed E-state index contributed by atoms with van der Waals surface area (Å²) in [5.41, 5.74) is 3.83. The number of fused-ring (bicyclic) bond motifs is 1. The number of halogens is 1. The number of morpholine rings is 1. The van der Waals surface area contributed by atoms with Gasteiger partial charge in [-0.1, -0.05) is 18.2 Å². The number of ether oxygens (including phenoxy) is 2. The van der Waals surface area contributed by atoms with Crippen molar-refractivity contribution in [1.29, 1.82) is 0 Å². The van der Waals surface area contributed by atoms with Crippen LogP contribution >= 0.6 is 12.4 Å². The SMILES string of the molecule is CC1CN(c2ccc(CNCc3ccc4c(c3)CCO4)cn2)CCO1.Cl. The number of nitrogens with one attached hydrogen (secondary N) is 1. The van der Waals surface area contributed by atoms with Gasteiger partial charge in [-0.3, -0.25) is 0 Å². The van der Waals surface area contributed by atoms with Crippen LogP contribution in [0.1, 0.15) is 23.6 Å². The maximum absolute atomic E-state index is 5.59. The summed E-state index contributed by atoms with van der Waals surface area (Å²) in [7, 11) is 0. The van der Waals surface area contributed by atoms with Crippen LogP contribution in [0.5, 0.6) is 5.75 Å². The first-order valence-corrected chi connectivity index (χ1v) is 9.05. The van der Waals surface area contributed by atoms with Crippen molar-refractivity contribution in [3.63, 3.8) is 0 Å². The average molecular weight is 376 g/mol. The summed E-state index contributed by atoms with van der Waals surface area (Å²) in [5.74, 6) is 2.08. The second kappa shape index (κ2) is 8.71. The summed E-state index contributed by atoms with van der Waals surface area (Å²) in [5, 5.41) is 3.50. The molecule has 0 bridgehead atoms. The number of benzene rings is 1. The van der Waals surface area contributed by atoms with Gasteiger partial charge in [0, 0.05) is 38.8 Å². The Balaban J connectivity index is 0.00000196. The molecule has 0 radical (unpaired) electrons. The highest BCUT2D eigenvalue weighted by Gasteiger charge is 2.17. The monoisotopic (exact) mass is 375 g/mol. The zero-order valence-corrected chi connectivity index (χ0v) is 15.9. The van der Waals surface area contributed by atoms with Crippen LogP contribution in [0.4, 0.5) is 5.82 Å². The van der Waals surface area contributed by atoms with Crippen molar-refractivity contribution < 1.29 is 9.47 Å². The minimum atomic E-state index is 0. The van der Waals surface area contributed by atoms with Crippen molar-refractivity contribution in [3.8, 4) is 5.75 Å². The molecule has 1 N–H and O–H groups in total. The normalized spacial score (nSPS) is 18.8. The van der Waals surface area contributed by atoms with Gasteiger partial charge in [0.2, 0.25) is 0 Å². The predicted molar refractivity (Wildman–Crippen MR) is 105 cm³/mol. The Morgan fingerprint density at radius 1 is 1.15 bits per heavy atom. The Kier molecular flexibility index (Phi) is 6.35. The van der Waals surface area contributed by atoms with E-state index in [4.69, 9.17) is 9.47 Å². The fraction of sp³-hybridized carbons (Fsp3) is 0.450. The molecule has 1 saturated heterocycles. The van der Waals surface area contributed by atoms with Crippen molar-refractivity contribution in [2.24, 2.45) is 0 Å². The van der Waals surface area contributed by atoms with E-state index in [1.165, 1.54) is 16.7 Å². The third-order valence-corrected chi connectivity index (χ3v) is 4.79. The van der Waals surface area contributed by atoms with Crippen LogP contribution in [0.2, 0.25) is 0 Å². The van der Waals surface area contributed by atoms with Crippen LogP contribution in [0.3, 0.4) is 0 Å². The highest BCUT2D eigenvalue weighted by Crippen LogP contribution is 2.25. The lowest BCUT2D eigenvalue weighted by molar-refractivity contribution is 0.0529. The van der Waals surface area contributed by atoms with Crippen LogP contribution in [0.15, 0.2) is 36.5 Å². The van der Waals surface area contributed by atoms with E-state index >= 15 is 0 Å². The number of nitrogens with zero attached hydrogens (tertiary/aromatic N) is 2. The van der Waals surface area contributed by atoms with Gasteiger partial charge in [0.05, 0.1) is 19.3 Å². The maximum Gasteiger partial charge on any atom is 0.128 e. The van der Waals surface area contributed by atoms with Gasteiger partial charge in [0.1, 0.15) is 11.6 Å². The molecule has 0 aliphatic carbocycles. The molecule has 4 rings (SSSR count). The lowest BCUT2D eigenvalue weighted by atomic mass is 10.1. The first kappa shape index (κ1) is 19.0. The van der Waals surface area contributed by atoms with Gasteiger partial charge in [-0.25, -0.2) is 4.98 Å². The zero-order chi connectivity index (χ0) is 17.1. The highest BCUT2D eigenvalue weighted by atomic mass is 35.5. The first-order chi connectivity index (χ1) is 12.3. The third-order valence-electron chi connectivity index (χ3n) is 4.79. The Morgan fingerprint density at radius 2 is 2.00 bits per heavy atom. The van der Waals surface area contributed by atoms with E-state index in [0.717, 1.165) is 57.4 Å². The van der Waals surface area contributed by atoms with Gasteiger partial charge in [0.15, 0.2) is 0 Å². The Bertz CT molecular complexity index is 723. The average Bonchev–Trinajstić information content (AvgIpc) is 3.10. The minimum Gasteiger partial charge on any atom is -0.493 e. The molecule has 2 aromatic rings. The number of rotatable bonds is 5. The summed E-state index contributed by atoms with van der Waals surface area (Å²) in [4.78, 5) is 6.91. The van der Waals surface area contributed by atoms with E-state index in [0.29, 0.717) is 0 Å². The number of hydrogen-bond acceptors (Lipinski definition) is 5. The summed E-state index contributed by atoms with van der Waals surface area (Å²) in [6.45, 7) is 7.19. The molecular weight excluding hydrogens is 350 g/mol. The minimum absolute atomic E-state index is 0. The molecule has 5 nitrogen and oxygen atoms in total. The number of pyridine rings is 1. The van der Waals surface area contributed by atoms with E-state index in [-0.39, 0.29) is 18.5 Å². The van der Waals surface area contributed by atoms with Crippen molar-refractivity contribution in [3.05, 3.63) is 53.2 Å². The second-order valence-electron chi connectivity index (χ2n) is 6.80. The van der Waals surface area contributed by atoms with E-state index in [1.54, 1.807) is 0 Å². The Hall–Kier alpha value is -1.82. The summed E-state index contributed by atoms with van der Waals surface area (Å²) < 4.78 is 11.1. The van der Waals surface area contributed by atoms with Gasteiger partial charge in [-0.05, 0) is 35.7 Å².